The topological polar surface area (TPSA) is 132 Å². The van der Waals surface area contributed by atoms with Gasteiger partial charge in [-0.3, -0.25) is 9.59 Å². The summed E-state index contributed by atoms with van der Waals surface area (Å²) in [6.45, 7) is 2.26. The number of hydrogen-bond donors (Lipinski definition) is 4. The van der Waals surface area contributed by atoms with Gasteiger partial charge >= 0.3 is 119 Å². The number of rotatable bonds is 19. The number of carboxylic acids is 3. The van der Waals surface area contributed by atoms with Crippen molar-refractivity contribution >= 4 is 45.8 Å². The molecule has 8 heteroatoms. The molecule has 0 unspecified atom stereocenters. The zero-order valence-corrected chi connectivity index (χ0v) is 21.9. The van der Waals surface area contributed by atoms with E-state index in [4.69, 9.17) is 20.4 Å². The number of carbonyl (C=O) groups is 3. The molecule has 0 saturated heterocycles. The number of hydrogen-bond acceptors (Lipinski definition) is 4. The fourth-order valence-electron chi connectivity index (χ4n) is 2.95. The van der Waals surface area contributed by atoms with Crippen LogP contribution in [-0.2, 0) is 14.4 Å². The van der Waals surface area contributed by atoms with Gasteiger partial charge < -0.3 is 20.4 Å². The van der Waals surface area contributed by atoms with Crippen LogP contribution in [0.1, 0.15) is 96.8 Å². The number of aliphatic hydroxyl groups is 1. The first-order valence-electron chi connectivity index (χ1n) is 11.9. The molecule has 0 aromatic carbocycles. The van der Waals surface area contributed by atoms with Crippen molar-refractivity contribution in [2.24, 2.45) is 0 Å². The molecule has 0 fully saturated rings. The maximum absolute atomic E-state index is 10.3. The Morgan fingerprint density at radius 2 is 1.16 bits per heavy atom. The van der Waals surface area contributed by atoms with Crippen molar-refractivity contribution in [2.45, 2.75) is 106 Å². The van der Waals surface area contributed by atoms with Crippen LogP contribution in [-0.4, -0.2) is 71.9 Å². The number of unbranched alkanes of at least 4 members (excludes halogenated alkanes) is 9. The number of carboxylic acid groups (broad SMARTS) is 3. The van der Waals surface area contributed by atoms with Gasteiger partial charge in [-0.15, -0.1) is 0 Å². The van der Waals surface area contributed by atoms with E-state index >= 15 is 0 Å². The minimum Gasteiger partial charge on any atom is -0.481 e. The maximum atomic E-state index is 10.3. The normalized spacial score (nSPS) is 11.5. The molecule has 0 aromatic heterocycles. The van der Waals surface area contributed by atoms with Crippen LogP contribution >= 0.6 is 0 Å². The van der Waals surface area contributed by atoms with Crippen LogP contribution in [0.25, 0.3) is 0 Å². The molecule has 0 heterocycles. The second kappa shape index (κ2) is 23.0. The van der Waals surface area contributed by atoms with E-state index < -0.39 is 36.4 Å². The fourth-order valence-corrected chi connectivity index (χ4v) is 3.45. The first-order valence-corrected chi connectivity index (χ1v) is 13.3. The summed E-state index contributed by atoms with van der Waals surface area (Å²) >= 11 is 1.40. The third kappa shape index (κ3) is 23.5. The Morgan fingerprint density at radius 1 is 0.719 bits per heavy atom. The summed E-state index contributed by atoms with van der Waals surface area (Å²) in [7, 11) is 0. The second-order valence-corrected chi connectivity index (χ2v) is 9.06. The van der Waals surface area contributed by atoms with Gasteiger partial charge in [0.25, 0.3) is 0 Å². The Hall–Kier alpha value is -1.15. The Kier molecular flexibility index (Phi) is 23.8. The van der Waals surface area contributed by atoms with Gasteiger partial charge in [-0.2, -0.15) is 0 Å². The van der Waals surface area contributed by atoms with Crippen molar-refractivity contribution in [1.82, 2.24) is 0 Å². The quantitative estimate of drug-likeness (QED) is 0.118. The van der Waals surface area contributed by atoms with Gasteiger partial charge in [0.2, 0.25) is 0 Å². The van der Waals surface area contributed by atoms with E-state index in [0.29, 0.717) is 0 Å². The molecule has 0 bridgehead atoms. The minimum absolute atomic E-state index is 1.13. The summed E-state index contributed by atoms with van der Waals surface area (Å²) in [5, 5.41) is 33.8. The average Bonchev–Trinajstić information content (AvgIpc) is 2.70. The van der Waals surface area contributed by atoms with Crippen molar-refractivity contribution in [3.05, 3.63) is 24.3 Å². The smallest absolute Gasteiger partial charge is 0.336 e. The molecule has 0 aliphatic heterocycles. The Labute approximate surface area is 210 Å². The van der Waals surface area contributed by atoms with Gasteiger partial charge in [-0.1, -0.05) is 25.8 Å². The van der Waals surface area contributed by atoms with E-state index in [1.54, 1.807) is 0 Å². The number of allylic oxidation sites excluding steroid dienone is 4. The van der Waals surface area contributed by atoms with E-state index in [9.17, 15) is 14.4 Å². The van der Waals surface area contributed by atoms with E-state index in [1.807, 2.05) is 0 Å². The Balaban J connectivity index is 0. The van der Waals surface area contributed by atoms with E-state index in [1.165, 1.54) is 102 Å². The molecule has 32 heavy (non-hydrogen) atoms. The molecule has 0 amide bonds. The maximum Gasteiger partial charge on any atom is 0.336 e. The van der Waals surface area contributed by atoms with Gasteiger partial charge in [0.05, 0.1) is 12.8 Å². The predicted molar refractivity (Wildman–Crippen MR) is 127 cm³/mol. The number of aliphatic carboxylic acids is 3. The molecule has 0 aromatic rings. The van der Waals surface area contributed by atoms with Crippen LogP contribution in [0.15, 0.2) is 24.3 Å². The molecule has 0 spiro atoms. The Morgan fingerprint density at radius 3 is 1.56 bits per heavy atom. The van der Waals surface area contributed by atoms with Gasteiger partial charge in [0, 0.05) is 0 Å². The molecule has 7 nitrogen and oxygen atoms in total. The first kappa shape index (κ1) is 33.0. The summed E-state index contributed by atoms with van der Waals surface area (Å²) in [5.41, 5.74) is -2.74. The third-order valence-corrected chi connectivity index (χ3v) is 5.55. The molecule has 0 rings (SSSR count). The van der Waals surface area contributed by atoms with E-state index in [2.05, 4.69) is 31.2 Å². The van der Waals surface area contributed by atoms with Crippen LogP contribution in [0.5, 0.6) is 0 Å². The Bertz CT molecular complexity index is 543. The second-order valence-electron chi connectivity index (χ2n) is 8.06. The summed E-state index contributed by atoms with van der Waals surface area (Å²) in [4.78, 5) is 30.5. The molecule has 0 radical (unpaired) electrons. The molecule has 0 atom stereocenters. The fraction of sp³-hybridized carbons (Fsp3) is 0.708. The molecule has 0 aliphatic rings. The van der Waals surface area contributed by atoms with E-state index in [-0.39, 0.29) is 0 Å². The van der Waals surface area contributed by atoms with Gasteiger partial charge in [0.1, 0.15) is 0 Å². The van der Waals surface area contributed by atoms with Crippen LogP contribution in [0.3, 0.4) is 0 Å². The minimum atomic E-state index is -2.74. The predicted octanol–water partition coefficient (Wildman–Crippen LogP) is 5.14. The molecular formula is C24H41NaO7. The summed E-state index contributed by atoms with van der Waals surface area (Å²) in [5.74, 6) is -5.02. The first-order chi connectivity index (χ1) is 15.2. The third-order valence-electron chi connectivity index (χ3n) is 4.84. The zero-order valence-electron chi connectivity index (χ0n) is 19.9. The van der Waals surface area contributed by atoms with E-state index in [0.717, 1.165) is 6.42 Å². The van der Waals surface area contributed by atoms with Gasteiger partial charge in [-0.25, -0.2) is 4.79 Å². The van der Waals surface area contributed by atoms with Crippen LogP contribution in [0.4, 0.5) is 0 Å². The zero-order chi connectivity index (χ0) is 24.7. The van der Waals surface area contributed by atoms with Gasteiger partial charge in [0.15, 0.2) is 5.60 Å². The monoisotopic (exact) mass is 464 g/mol. The van der Waals surface area contributed by atoms with Crippen LogP contribution in [0, 0.1) is 0 Å². The van der Waals surface area contributed by atoms with Crippen molar-refractivity contribution in [3.63, 3.8) is 0 Å². The van der Waals surface area contributed by atoms with Crippen LogP contribution in [0.2, 0.25) is 3.67 Å². The van der Waals surface area contributed by atoms with Gasteiger partial charge in [-0.05, 0) is 12.8 Å². The van der Waals surface area contributed by atoms with Crippen molar-refractivity contribution < 1.29 is 34.8 Å². The summed E-state index contributed by atoms with van der Waals surface area (Å²) in [6.07, 6.45) is 23.5. The van der Waals surface area contributed by atoms with Crippen molar-refractivity contribution in [3.8, 4) is 0 Å². The molecule has 4 N–H and O–H groups in total. The molecular weight excluding hydrogens is 423 g/mol. The molecule has 180 valence electrons. The van der Waals surface area contributed by atoms with Crippen molar-refractivity contribution in [2.75, 3.05) is 0 Å². The molecule has 0 aliphatic carbocycles. The average molecular weight is 465 g/mol. The summed E-state index contributed by atoms with van der Waals surface area (Å²) < 4.78 is 1.49. The summed E-state index contributed by atoms with van der Waals surface area (Å²) in [6, 6.07) is 0. The largest absolute Gasteiger partial charge is 0.481 e. The standard InChI is InChI=1S/C18H33.C6H8O7.Na/c1-3-5-7-9-11-13-15-17-18-16-14-12-10-8-6-4-2;7-3(8)1-6(13,5(11)12)2-4(9)10;/h12,14,17-18H,1,3-11,13,15-16H2,2H3;13H,1-2H2,(H,7,8)(H,9,10)(H,11,12);/b14-12-,18-17-;;. The SMILES string of the molecule is CCCCC/C=C\C/C=C\CCCCCCC[CH2][Na].O=C(O)CC(O)(CC(=O)O)C(=O)O. The van der Waals surface area contributed by atoms with Crippen molar-refractivity contribution in [1.29, 1.82) is 0 Å². The van der Waals surface area contributed by atoms with Crippen LogP contribution < -0.4 is 0 Å². The molecule has 0 saturated carbocycles.